The molecule has 3 aromatic rings. The van der Waals surface area contributed by atoms with E-state index in [4.69, 9.17) is 0 Å². The summed E-state index contributed by atoms with van der Waals surface area (Å²) in [4.78, 5) is 15.6. The third-order valence-electron chi connectivity index (χ3n) is 3.90. The van der Waals surface area contributed by atoms with Crippen molar-refractivity contribution < 1.29 is 4.79 Å². The Kier molecular flexibility index (Phi) is 2.67. The third kappa shape index (κ3) is 2.05. The van der Waals surface area contributed by atoms with Crippen molar-refractivity contribution in [2.24, 2.45) is 0 Å². The highest BCUT2D eigenvalue weighted by Crippen LogP contribution is 2.26. The minimum atomic E-state index is -0.0889. The molecule has 0 bridgehead atoms. The highest BCUT2D eigenvalue weighted by atomic mass is 16.1. The number of amides is 1. The maximum Gasteiger partial charge on any atom is 0.257 e. The number of carbonyl (C=O) groups is 1. The fourth-order valence-corrected chi connectivity index (χ4v) is 2.86. The molecule has 3 N–H and O–H groups in total. The molecule has 0 saturated heterocycles. The molecular formula is C17H15N3O. The highest BCUT2D eigenvalue weighted by Gasteiger charge is 2.13. The van der Waals surface area contributed by atoms with Crippen LogP contribution in [0.3, 0.4) is 0 Å². The lowest BCUT2D eigenvalue weighted by molar-refractivity contribution is 0.102. The summed E-state index contributed by atoms with van der Waals surface area (Å²) in [6.07, 6.45) is 2.85. The summed E-state index contributed by atoms with van der Waals surface area (Å²) in [5, 5.41) is 7.34. The lowest BCUT2D eigenvalue weighted by Gasteiger charge is -2.08. The summed E-state index contributed by atoms with van der Waals surface area (Å²) in [7, 11) is 0. The average molecular weight is 277 g/mol. The van der Waals surface area contributed by atoms with Gasteiger partial charge in [-0.3, -0.25) is 4.79 Å². The molecule has 0 aliphatic carbocycles. The van der Waals surface area contributed by atoms with E-state index in [1.54, 1.807) is 0 Å². The van der Waals surface area contributed by atoms with Crippen molar-refractivity contribution in [3.05, 3.63) is 59.8 Å². The van der Waals surface area contributed by atoms with Gasteiger partial charge in [-0.2, -0.15) is 0 Å². The molecule has 1 aliphatic rings. The predicted octanol–water partition coefficient (Wildman–Crippen LogP) is 3.39. The molecule has 0 atom stereocenters. The second kappa shape index (κ2) is 4.66. The zero-order chi connectivity index (χ0) is 14.2. The van der Waals surface area contributed by atoms with E-state index in [-0.39, 0.29) is 5.91 Å². The van der Waals surface area contributed by atoms with Crippen LogP contribution in [-0.2, 0) is 6.42 Å². The number of hydrogen-bond acceptors (Lipinski definition) is 2. The van der Waals surface area contributed by atoms with Gasteiger partial charge in [-0.25, -0.2) is 0 Å². The molecule has 1 amide bonds. The Morgan fingerprint density at radius 1 is 1.14 bits per heavy atom. The van der Waals surface area contributed by atoms with Crippen molar-refractivity contribution in [3.8, 4) is 0 Å². The summed E-state index contributed by atoms with van der Waals surface area (Å²) < 4.78 is 0. The van der Waals surface area contributed by atoms with Gasteiger partial charge in [0, 0.05) is 29.5 Å². The van der Waals surface area contributed by atoms with Crippen molar-refractivity contribution >= 4 is 28.2 Å². The molecule has 2 heterocycles. The standard InChI is InChI=1S/C17H15N3O/c21-17(14-3-1-2-11-6-9-19-16(11)14)20-13-4-5-15-12(10-13)7-8-18-15/h1-6,9-10,18-19H,7-8H2,(H,20,21). The van der Waals surface area contributed by atoms with E-state index < -0.39 is 0 Å². The van der Waals surface area contributed by atoms with Crippen LogP contribution in [0.5, 0.6) is 0 Å². The summed E-state index contributed by atoms with van der Waals surface area (Å²) >= 11 is 0. The first-order valence-electron chi connectivity index (χ1n) is 7.05. The Balaban J connectivity index is 1.65. The largest absolute Gasteiger partial charge is 0.384 e. The number of carbonyl (C=O) groups excluding carboxylic acids is 1. The van der Waals surface area contributed by atoms with Crippen molar-refractivity contribution in [2.75, 3.05) is 17.2 Å². The van der Waals surface area contributed by atoms with Crippen LogP contribution in [0, 0.1) is 0 Å². The normalized spacial score (nSPS) is 13.0. The van der Waals surface area contributed by atoms with E-state index in [1.807, 2.05) is 48.7 Å². The van der Waals surface area contributed by atoms with Gasteiger partial charge in [0.05, 0.1) is 11.1 Å². The van der Waals surface area contributed by atoms with Crippen LogP contribution in [0.15, 0.2) is 48.7 Å². The van der Waals surface area contributed by atoms with Gasteiger partial charge in [0.25, 0.3) is 5.91 Å². The molecule has 0 saturated carbocycles. The number of benzene rings is 2. The number of para-hydroxylation sites is 1. The van der Waals surface area contributed by atoms with Crippen molar-refractivity contribution in [2.45, 2.75) is 6.42 Å². The average Bonchev–Trinajstić information content (AvgIpc) is 3.14. The van der Waals surface area contributed by atoms with Crippen molar-refractivity contribution in [1.82, 2.24) is 4.98 Å². The fourth-order valence-electron chi connectivity index (χ4n) is 2.86. The van der Waals surface area contributed by atoms with Crippen molar-refractivity contribution in [3.63, 3.8) is 0 Å². The number of anilines is 2. The molecular weight excluding hydrogens is 262 g/mol. The van der Waals surface area contributed by atoms with Crippen LogP contribution in [0.4, 0.5) is 11.4 Å². The summed E-state index contributed by atoms with van der Waals surface area (Å²) in [6.45, 7) is 0.967. The Labute approximate surface area is 122 Å². The molecule has 0 unspecified atom stereocenters. The number of aromatic nitrogens is 1. The van der Waals surface area contributed by atoms with Gasteiger partial charge >= 0.3 is 0 Å². The first kappa shape index (κ1) is 12.0. The Hall–Kier alpha value is -2.75. The van der Waals surface area contributed by atoms with Gasteiger partial charge in [0.15, 0.2) is 0 Å². The second-order valence-corrected chi connectivity index (χ2v) is 5.25. The number of H-pyrrole nitrogens is 1. The van der Waals surface area contributed by atoms with Gasteiger partial charge in [-0.1, -0.05) is 12.1 Å². The molecule has 104 valence electrons. The molecule has 0 spiro atoms. The first-order valence-corrected chi connectivity index (χ1v) is 7.05. The molecule has 4 heteroatoms. The van der Waals surface area contributed by atoms with E-state index in [1.165, 1.54) is 11.3 Å². The molecule has 0 radical (unpaired) electrons. The molecule has 21 heavy (non-hydrogen) atoms. The van der Waals surface area contributed by atoms with E-state index in [2.05, 4.69) is 15.6 Å². The molecule has 1 aromatic heterocycles. The van der Waals surface area contributed by atoms with Gasteiger partial charge in [-0.05, 0) is 42.3 Å². The lowest BCUT2D eigenvalue weighted by Crippen LogP contribution is -2.12. The maximum atomic E-state index is 12.5. The molecule has 0 fully saturated rings. The maximum absolute atomic E-state index is 12.5. The quantitative estimate of drug-likeness (QED) is 0.672. The van der Waals surface area contributed by atoms with Gasteiger partial charge in [-0.15, -0.1) is 0 Å². The zero-order valence-electron chi connectivity index (χ0n) is 11.4. The second-order valence-electron chi connectivity index (χ2n) is 5.25. The minimum absolute atomic E-state index is 0.0889. The fraction of sp³-hybridized carbons (Fsp3) is 0.118. The minimum Gasteiger partial charge on any atom is -0.384 e. The van der Waals surface area contributed by atoms with Gasteiger partial charge in [0.1, 0.15) is 0 Å². The Bertz CT molecular complexity index is 835. The van der Waals surface area contributed by atoms with E-state index >= 15 is 0 Å². The van der Waals surface area contributed by atoms with E-state index in [0.29, 0.717) is 5.56 Å². The highest BCUT2D eigenvalue weighted by molar-refractivity contribution is 6.12. The van der Waals surface area contributed by atoms with E-state index in [9.17, 15) is 4.79 Å². The third-order valence-corrected chi connectivity index (χ3v) is 3.90. The van der Waals surface area contributed by atoms with Crippen molar-refractivity contribution in [1.29, 1.82) is 0 Å². The molecule has 4 nitrogen and oxygen atoms in total. The molecule has 4 rings (SSSR count). The van der Waals surface area contributed by atoms with Gasteiger partial charge < -0.3 is 15.6 Å². The predicted molar refractivity (Wildman–Crippen MR) is 84.9 cm³/mol. The lowest BCUT2D eigenvalue weighted by atomic mass is 10.1. The molecule has 2 aromatic carbocycles. The van der Waals surface area contributed by atoms with Crippen LogP contribution in [0.2, 0.25) is 0 Å². The number of fused-ring (bicyclic) bond motifs is 2. The zero-order valence-corrected chi connectivity index (χ0v) is 11.4. The molecule has 1 aliphatic heterocycles. The number of nitrogens with one attached hydrogen (secondary N) is 3. The van der Waals surface area contributed by atoms with E-state index in [0.717, 1.165) is 29.6 Å². The summed E-state index contributed by atoms with van der Waals surface area (Å²) in [5.41, 5.74) is 4.80. The first-order chi connectivity index (χ1) is 10.3. The summed E-state index contributed by atoms with van der Waals surface area (Å²) in [6, 6.07) is 13.7. The topological polar surface area (TPSA) is 56.9 Å². The number of hydrogen-bond donors (Lipinski definition) is 3. The van der Waals surface area contributed by atoms with Crippen LogP contribution in [0.1, 0.15) is 15.9 Å². The van der Waals surface area contributed by atoms with Crippen LogP contribution < -0.4 is 10.6 Å². The SMILES string of the molecule is O=C(Nc1ccc2c(c1)CCN2)c1cccc2cc[nH]c12. The smallest absolute Gasteiger partial charge is 0.257 e. The monoisotopic (exact) mass is 277 g/mol. The van der Waals surface area contributed by atoms with Gasteiger partial charge in [0.2, 0.25) is 0 Å². The summed E-state index contributed by atoms with van der Waals surface area (Å²) in [5.74, 6) is -0.0889. The van der Waals surface area contributed by atoms with Crippen LogP contribution >= 0.6 is 0 Å². The number of rotatable bonds is 2. The van der Waals surface area contributed by atoms with Crippen LogP contribution in [0.25, 0.3) is 10.9 Å². The van der Waals surface area contributed by atoms with Crippen LogP contribution in [-0.4, -0.2) is 17.4 Å². The number of aromatic amines is 1. The Morgan fingerprint density at radius 3 is 3.05 bits per heavy atom. The Morgan fingerprint density at radius 2 is 2.10 bits per heavy atom.